The highest BCUT2D eigenvalue weighted by atomic mass is 16.5. The van der Waals surface area contributed by atoms with Crippen LogP contribution in [0.5, 0.6) is 5.75 Å². The van der Waals surface area contributed by atoms with Crippen molar-refractivity contribution in [1.29, 1.82) is 0 Å². The first-order chi connectivity index (χ1) is 11.7. The topological polar surface area (TPSA) is 72.6 Å². The summed E-state index contributed by atoms with van der Waals surface area (Å²) in [6.07, 6.45) is 2.86. The van der Waals surface area contributed by atoms with Crippen molar-refractivity contribution >= 4 is 18.2 Å². The summed E-state index contributed by atoms with van der Waals surface area (Å²) in [5, 5.41) is 9.84. The maximum atomic E-state index is 12.1. The summed E-state index contributed by atoms with van der Waals surface area (Å²) >= 11 is 0. The number of hydrogen-bond acceptors (Lipinski definition) is 4. The minimum atomic E-state index is -0.342. The molecule has 0 radical (unpaired) electrons. The molecule has 1 aliphatic rings. The molecule has 0 saturated carbocycles. The third kappa shape index (κ3) is 3.86. The Morgan fingerprint density at radius 3 is 2.96 bits per heavy atom. The number of ketones is 1. The monoisotopic (exact) mass is 323 g/mol. The van der Waals surface area contributed by atoms with Crippen LogP contribution in [0.1, 0.15) is 34.3 Å². The van der Waals surface area contributed by atoms with E-state index < -0.39 is 0 Å². The van der Waals surface area contributed by atoms with Crippen molar-refractivity contribution in [2.45, 2.75) is 32.2 Å². The summed E-state index contributed by atoms with van der Waals surface area (Å²) in [6.45, 7) is 0.603. The molecule has 0 amide bonds. The largest absolute Gasteiger partial charge is 0.489 e. The smallest absolute Gasteiger partial charge is 0.324 e. The predicted octanol–water partition coefficient (Wildman–Crippen LogP) is 1.93. The standard InChI is InChI=1S/C19H22BNO3/c21-10-2-5-19(22)16-4-1-3-14(11-16)13-24-17-6-7-18-15(12-17)8-9-20(18)23/h1,3-4,6-7,11-12,23H,2,5,8-10,13,21H2. The molecule has 124 valence electrons. The van der Waals surface area contributed by atoms with Crippen molar-refractivity contribution in [1.82, 2.24) is 0 Å². The fraction of sp³-hybridized carbons (Fsp3) is 0.316. The fourth-order valence-electron chi connectivity index (χ4n) is 3.07. The molecule has 0 spiro atoms. The molecule has 0 fully saturated rings. The van der Waals surface area contributed by atoms with Gasteiger partial charge < -0.3 is 15.5 Å². The van der Waals surface area contributed by atoms with E-state index >= 15 is 0 Å². The molecule has 1 aliphatic heterocycles. The third-order valence-corrected chi connectivity index (χ3v) is 4.42. The van der Waals surface area contributed by atoms with Crippen LogP contribution in [0.3, 0.4) is 0 Å². The molecule has 1 heterocycles. The lowest BCUT2D eigenvalue weighted by atomic mass is 9.63. The minimum Gasteiger partial charge on any atom is -0.489 e. The number of carbonyl (C=O) groups is 1. The van der Waals surface area contributed by atoms with Crippen LogP contribution in [0.2, 0.25) is 6.32 Å². The molecule has 3 N–H and O–H groups in total. The van der Waals surface area contributed by atoms with E-state index in [2.05, 4.69) is 0 Å². The maximum Gasteiger partial charge on any atom is 0.324 e. The lowest BCUT2D eigenvalue weighted by Gasteiger charge is -2.10. The van der Waals surface area contributed by atoms with E-state index in [9.17, 15) is 9.82 Å². The quantitative estimate of drug-likeness (QED) is 0.603. The van der Waals surface area contributed by atoms with Gasteiger partial charge in [-0.25, -0.2) is 0 Å². The van der Waals surface area contributed by atoms with Crippen LogP contribution >= 0.6 is 0 Å². The van der Waals surface area contributed by atoms with Gasteiger partial charge in [0.25, 0.3) is 0 Å². The first-order valence-corrected chi connectivity index (χ1v) is 8.43. The Labute approximate surface area is 142 Å². The molecule has 24 heavy (non-hydrogen) atoms. The van der Waals surface area contributed by atoms with Gasteiger partial charge in [-0.05, 0) is 60.5 Å². The second-order valence-electron chi connectivity index (χ2n) is 6.22. The normalized spacial score (nSPS) is 13.0. The molecule has 2 aromatic carbocycles. The first-order valence-electron chi connectivity index (χ1n) is 8.43. The van der Waals surface area contributed by atoms with Crippen molar-refractivity contribution in [3.63, 3.8) is 0 Å². The second-order valence-corrected chi connectivity index (χ2v) is 6.22. The number of aryl methyl sites for hydroxylation is 1. The van der Waals surface area contributed by atoms with E-state index in [1.165, 1.54) is 0 Å². The fourth-order valence-corrected chi connectivity index (χ4v) is 3.07. The zero-order chi connectivity index (χ0) is 16.9. The van der Waals surface area contributed by atoms with Gasteiger partial charge in [-0.1, -0.05) is 24.3 Å². The van der Waals surface area contributed by atoms with Crippen LogP contribution in [-0.2, 0) is 13.0 Å². The summed E-state index contributed by atoms with van der Waals surface area (Å²) in [7, 11) is 0. The number of benzene rings is 2. The molecule has 0 aliphatic carbocycles. The van der Waals surface area contributed by atoms with Gasteiger partial charge in [0.05, 0.1) is 0 Å². The van der Waals surface area contributed by atoms with Gasteiger partial charge in [-0.15, -0.1) is 0 Å². The number of fused-ring (bicyclic) bond motifs is 1. The number of carbonyl (C=O) groups excluding carboxylic acids is 1. The van der Waals surface area contributed by atoms with Crippen LogP contribution in [0.25, 0.3) is 0 Å². The molecular formula is C19H22BNO3. The zero-order valence-electron chi connectivity index (χ0n) is 13.7. The summed E-state index contributed by atoms with van der Waals surface area (Å²) in [5.74, 6) is 0.913. The summed E-state index contributed by atoms with van der Waals surface area (Å²) < 4.78 is 5.86. The average molecular weight is 323 g/mol. The Balaban J connectivity index is 1.64. The highest BCUT2D eigenvalue weighted by molar-refractivity contribution is 6.68. The molecule has 0 aromatic heterocycles. The highest BCUT2D eigenvalue weighted by Crippen LogP contribution is 2.20. The number of hydrogen-bond donors (Lipinski definition) is 2. The number of Topliss-reactive ketones (excluding diaryl/α,β-unsaturated/α-hetero) is 1. The van der Waals surface area contributed by atoms with Crippen LogP contribution in [0.4, 0.5) is 0 Å². The van der Waals surface area contributed by atoms with Crippen molar-refractivity contribution in [2.75, 3.05) is 6.54 Å². The van der Waals surface area contributed by atoms with Gasteiger partial charge in [0.15, 0.2) is 5.78 Å². The van der Waals surface area contributed by atoms with Crippen molar-refractivity contribution < 1.29 is 14.6 Å². The van der Waals surface area contributed by atoms with Gasteiger partial charge in [0.2, 0.25) is 0 Å². The van der Waals surface area contributed by atoms with Crippen molar-refractivity contribution in [3.05, 3.63) is 59.2 Å². The number of ether oxygens (including phenoxy) is 1. The number of nitrogens with two attached hydrogens (primary N) is 1. The Morgan fingerprint density at radius 2 is 2.12 bits per heavy atom. The third-order valence-electron chi connectivity index (χ3n) is 4.42. The van der Waals surface area contributed by atoms with E-state index in [0.717, 1.165) is 35.1 Å². The van der Waals surface area contributed by atoms with Gasteiger partial charge in [-0.3, -0.25) is 4.79 Å². The summed E-state index contributed by atoms with van der Waals surface area (Å²) in [6, 6.07) is 13.4. The molecule has 4 nitrogen and oxygen atoms in total. The van der Waals surface area contributed by atoms with Crippen LogP contribution in [0, 0.1) is 0 Å². The summed E-state index contributed by atoms with van der Waals surface area (Å²) in [5.41, 5.74) is 9.30. The van der Waals surface area contributed by atoms with Gasteiger partial charge in [0, 0.05) is 12.0 Å². The van der Waals surface area contributed by atoms with E-state index in [1.54, 1.807) is 0 Å². The Bertz CT molecular complexity index is 732. The SMILES string of the molecule is NCCCC(=O)c1cccc(COc2ccc3c(c2)CCB3O)c1. The lowest BCUT2D eigenvalue weighted by Crippen LogP contribution is -2.25. The van der Waals surface area contributed by atoms with Crippen molar-refractivity contribution in [3.8, 4) is 5.75 Å². The minimum absolute atomic E-state index is 0.119. The first kappa shape index (κ1) is 16.7. The summed E-state index contributed by atoms with van der Waals surface area (Å²) in [4.78, 5) is 12.1. The Morgan fingerprint density at radius 1 is 1.25 bits per heavy atom. The average Bonchev–Trinajstić information content (AvgIpc) is 2.98. The van der Waals surface area contributed by atoms with E-state index in [1.807, 2.05) is 42.5 Å². The van der Waals surface area contributed by atoms with Crippen LogP contribution in [0.15, 0.2) is 42.5 Å². The molecule has 0 bridgehead atoms. The van der Waals surface area contributed by atoms with Gasteiger partial charge in [-0.2, -0.15) is 0 Å². The van der Waals surface area contributed by atoms with Gasteiger partial charge in [0.1, 0.15) is 12.4 Å². The molecule has 0 unspecified atom stereocenters. The maximum absolute atomic E-state index is 12.1. The van der Waals surface area contributed by atoms with Crippen molar-refractivity contribution in [2.24, 2.45) is 5.73 Å². The predicted molar refractivity (Wildman–Crippen MR) is 96.0 cm³/mol. The molecule has 0 saturated heterocycles. The van der Waals surface area contributed by atoms with Gasteiger partial charge >= 0.3 is 6.92 Å². The number of rotatable bonds is 7. The van der Waals surface area contributed by atoms with Crippen LogP contribution < -0.4 is 15.9 Å². The molecule has 0 atom stereocenters. The molecule has 3 rings (SSSR count). The Hall–Kier alpha value is -2.11. The lowest BCUT2D eigenvalue weighted by molar-refractivity contribution is 0.0980. The van der Waals surface area contributed by atoms with E-state index in [4.69, 9.17) is 10.5 Å². The molecular weight excluding hydrogens is 301 g/mol. The molecule has 2 aromatic rings. The zero-order valence-corrected chi connectivity index (χ0v) is 13.7. The Kier molecular flexibility index (Phi) is 5.33. The van der Waals surface area contributed by atoms with Crippen LogP contribution in [-0.4, -0.2) is 24.3 Å². The van der Waals surface area contributed by atoms with E-state index in [-0.39, 0.29) is 12.7 Å². The van der Waals surface area contributed by atoms with E-state index in [0.29, 0.717) is 31.6 Å². The molecule has 5 heteroatoms. The highest BCUT2D eigenvalue weighted by Gasteiger charge is 2.24. The second kappa shape index (κ2) is 7.64.